The quantitative estimate of drug-likeness (QED) is 0.475. The lowest BCUT2D eigenvalue weighted by Gasteiger charge is -2.16. The minimum Gasteiger partial charge on any atom is -0.497 e. The van der Waals surface area contributed by atoms with Crippen LogP contribution < -0.4 is 4.74 Å². The van der Waals surface area contributed by atoms with E-state index >= 15 is 0 Å². The Morgan fingerprint density at radius 2 is 1.78 bits per heavy atom. The topological polar surface area (TPSA) is 42.8 Å². The van der Waals surface area contributed by atoms with Crippen LogP contribution in [-0.4, -0.2) is 21.9 Å². The SMILES string of the molecule is COc1ccc2cc(C(C)c3n[nH]c(=S)n3-c3ccccc3C)ccc2c1. The molecule has 0 saturated heterocycles. The summed E-state index contributed by atoms with van der Waals surface area (Å²) in [5.41, 5.74) is 3.41. The Bertz CT molecular complexity index is 1180. The van der Waals surface area contributed by atoms with Crippen LogP contribution in [-0.2, 0) is 0 Å². The summed E-state index contributed by atoms with van der Waals surface area (Å²) in [7, 11) is 1.69. The smallest absolute Gasteiger partial charge is 0.199 e. The normalized spacial score (nSPS) is 12.3. The van der Waals surface area contributed by atoms with Crippen LogP contribution in [0.15, 0.2) is 60.7 Å². The number of hydrogen-bond acceptors (Lipinski definition) is 3. The molecule has 0 bridgehead atoms. The lowest BCUT2D eigenvalue weighted by molar-refractivity contribution is 0.415. The highest BCUT2D eigenvalue weighted by atomic mass is 32.1. The van der Waals surface area contributed by atoms with Gasteiger partial charge >= 0.3 is 0 Å². The third-order valence-corrected chi connectivity index (χ3v) is 5.29. The molecule has 4 nitrogen and oxygen atoms in total. The second-order valence-corrected chi connectivity index (χ2v) is 7.09. The summed E-state index contributed by atoms with van der Waals surface area (Å²) in [6.45, 7) is 4.24. The van der Waals surface area contributed by atoms with E-state index in [4.69, 9.17) is 17.0 Å². The molecule has 0 amide bonds. The number of aryl methyl sites for hydroxylation is 1. The summed E-state index contributed by atoms with van der Waals surface area (Å²) in [5.74, 6) is 1.86. The highest BCUT2D eigenvalue weighted by molar-refractivity contribution is 7.71. The number of hydrogen-bond donors (Lipinski definition) is 1. The molecule has 1 unspecified atom stereocenters. The van der Waals surface area contributed by atoms with E-state index in [0.29, 0.717) is 4.77 Å². The van der Waals surface area contributed by atoms with Crippen molar-refractivity contribution in [2.45, 2.75) is 19.8 Å². The van der Waals surface area contributed by atoms with Gasteiger partial charge in [-0.3, -0.25) is 9.67 Å². The summed E-state index contributed by atoms with van der Waals surface area (Å²) in [5, 5.41) is 9.84. The average Bonchev–Trinajstić information content (AvgIpc) is 3.08. The molecule has 0 radical (unpaired) electrons. The van der Waals surface area contributed by atoms with Crippen LogP contribution in [0.25, 0.3) is 16.5 Å². The van der Waals surface area contributed by atoms with Crippen molar-refractivity contribution in [3.8, 4) is 11.4 Å². The molecule has 4 rings (SSSR count). The molecule has 5 heteroatoms. The van der Waals surface area contributed by atoms with Gasteiger partial charge in [0, 0.05) is 5.92 Å². The van der Waals surface area contributed by atoms with Crippen molar-refractivity contribution in [2.75, 3.05) is 7.11 Å². The molecule has 3 aromatic carbocycles. The van der Waals surface area contributed by atoms with Crippen molar-refractivity contribution in [3.63, 3.8) is 0 Å². The summed E-state index contributed by atoms with van der Waals surface area (Å²) in [6, 6.07) is 20.8. The van der Waals surface area contributed by atoms with E-state index in [1.807, 2.05) is 28.8 Å². The third-order valence-electron chi connectivity index (χ3n) is 5.01. The van der Waals surface area contributed by atoms with Crippen molar-refractivity contribution in [3.05, 3.63) is 82.4 Å². The number of rotatable bonds is 4. The zero-order valence-corrected chi connectivity index (χ0v) is 16.4. The van der Waals surface area contributed by atoms with Crippen LogP contribution in [0.3, 0.4) is 0 Å². The Kier molecular flexibility index (Phi) is 4.54. The number of H-pyrrole nitrogens is 1. The van der Waals surface area contributed by atoms with E-state index in [2.05, 4.69) is 60.4 Å². The Hall–Kier alpha value is -2.92. The number of ether oxygens (including phenoxy) is 1. The maximum absolute atomic E-state index is 5.52. The second-order valence-electron chi connectivity index (χ2n) is 6.70. The van der Waals surface area contributed by atoms with Crippen molar-refractivity contribution in [1.29, 1.82) is 0 Å². The monoisotopic (exact) mass is 375 g/mol. The molecule has 1 aromatic heterocycles. The number of benzene rings is 3. The van der Waals surface area contributed by atoms with E-state index in [1.165, 1.54) is 10.9 Å². The summed E-state index contributed by atoms with van der Waals surface area (Å²) < 4.78 is 7.96. The summed E-state index contributed by atoms with van der Waals surface area (Å²) in [4.78, 5) is 0. The van der Waals surface area contributed by atoms with Gasteiger partial charge in [-0.2, -0.15) is 5.10 Å². The lowest BCUT2D eigenvalue weighted by Crippen LogP contribution is -2.08. The van der Waals surface area contributed by atoms with E-state index in [9.17, 15) is 0 Å². The number of aromatic amines is 1. The number of nitrogens with zero attached hydrogens (tertiary/aromatic N) is 2. The number of para-hydroxylation sites is 1. The molecule has 0 saturated carbocycles. The van der Waals surface area contributed by atoms with Gasteiger partial charge in [0.1, 0.15) is 11.6 Å². The van der Waals surface area contributed by atoms with Gasteiger partial charge in [-0.1, -0.05) is 49.4 Å². The number of aromatic nitrogens is 3. The van der Waals surface area contributed by atoms with Gasteiger partial charge in [0.15, 0.2) is 4.77 Å². The molecule has 0 aliphatic carbocycles. The van der Waals surface area contributed by atoms with Gasteiger partial charge in [-0.15, -0.1) is 0 Å². The summed E-state index contributed by atoms with van der Waals surface area (Å²) >= 11 is 5.52. The average molecular weight is 375 g/mol. The molecular formula is C22H21N3OS. The third kappa shape index (κ3) is 3.15. The van der Waals surface area contributed by atoms with E-state index in [1.54, 1.807) is 7.11 Å². The Labute approximate surface area is 163 Å². The van der Waals surface area contributed by atoms with E-state index in [-0.39, 0.29) is 5.92 Å². The minimum absolute atomic E-state index is 0.0871. The van der Waals surface area contributed by atoms with Crippen LogP contribution in [0.4, 0.5) is 0 Å². The van der Waals surface area contributed by atoms with Gasteiger partial charge in [0.2, 0.25) is 0 Å². The zero-order chi connectivity index (χ0) is 19.0. The molecule has 0 aliphatic heterocycles. The fraction of sp³-hybridized carbons (Fsp3) is 0.182. The molecular weight excluding hydrogens is 354 g/mol. The molecule has 0 fully saturated rings. The van der Waals surface area contributed by atoms with Crippen LogP contribution in [0.5, 0.6) is 5.75 Å². The Balaban J connectivity index is 1.80. The predicted molar refractivity (Wildman–Crippen MR) is 112 cm³/mol. The highest BCUT2D eigenvalue weighted by Gasteiger charge is 2.18. The minimum atomic E-state index is 0.0871. The first-order valence-corrected chi connectivity index (χ1v) is 9.30. The van der Waals surface area contributed by atoms with Crippen molar-refractivity contribution < 1.29 is 4.74 Å². The van der Waals surface area contributed by atoms with Crippen LogP contribution in [0.2, 0.25) is 0 Å². The number of nitrogens with one attached hydrogen (secondary N) is 1. The molecule has 1 atom stereocenters. The molecule has 1 heterocycles. The predicted octanol–water partition coefficient (Wildman–Crippen LogP) is 5.55. The van der Waals surface area contributed by atoms with E-state index in [0.717, 1.165) is 28.2 Å². The summed E-state index contributed by atoms with van der Waals surface area (Å²) in [6.07, 6.45) is 0. The molecule has 27 heavy (non-hydrogen) atoms. The fourth-order valence-electron chi connectivity index (χ4n) is 3.43. The first-order valence-electron chi connectivity index (χ1n) is 8.89. The van der Waals surface area contributed by atoms with E-state index < -0.39 is 0 Å². The van der Waals surface area contributed by atoms with Crippen LogP contribution >= 0.6 is 12.2 Å². The van der Waals surface area contributed by atoms with Crippen LogP contribution in [0.1, 0.15) is 29.8 Å². The van der Waals surface area contributed by atoms with Gasteiger partial charge in [-0.25, -0.2) is 0 Å². The first kappa shape index (κ1) is 17.5. The second kappa shape index (κ2) is 7.00. The number of fused-ring (bicyclic) bond motifs is 1. The zero-order valence-electron chi connectivity index (χ0n) is 15.6. The van der Waals surface area contributed by atoms with Crippen LogP contribution in [0, 0.1) is 11.7 Å². The molecule has 136 valence electrons. The van der Waals surface area contributed by atoms with Crippen molar-refractivity contribution in [2.24, 2.45) is 0 Å². The van der Waals surface area contributed by atoms with Gasteiger partial charge in [-0.05, 0) is 59.2 Å². The van der Waals surface area contributed by atoms with Gasteiger partial charge < -0.3 is 4.74 Å². The molecule has 0 spiro atoms. The molecule has 0 aliphatic rings. The highest BCUT2D eigenvalue weighted by Crippen LogP contribution is 2.29. The fourth-order valence-corrected chi connectivity index (χ4v) is 3.67. The largest absolute Gasteiger partial charge is 0.497 e. The molecule has 1 N–H and O–H groups in total. The van der Waals surface area contributed by atoms with Gasteiger partial charge in [0.25, 0.3) is 0 Å². The van der Waals surface area contributed by atoms with Crippen molar-refractivity contribution >= 4 is 23.0 Å². The maximum Gasteiger partial charge on any atom is 0.199 e. The Morgan fingerprint density at radius 3 is 2.56 bits per heavy atom. The lowest BCUT2D eigenvalue weighted by atomic mass is 9.96. The first-order chi connectivity index (χ1) is 13.1. The van der Waals surface area contributed by atoms with Gasteiger partial charge in [0.05, 0.1) is 12.8 Å². The number of methoxy groups -OCH3 is 1. The molecule has 4 aromatic rings. The Morgan fingerprint density at radius 1 is 1.04 bits per heavy atom. The standard InChI is InChI=1S/C22H21N3OS/c1-14-6-4-5-7-20(14)25-21(23-24-22(25)27)15(2)16-8-9-18-13-19(26-3)11-10-17(18)12-16/h4-13,15H,1-3H3,(H,24,27). The maximum atomic E-state index is 5.52. The van der Waals surface area contributed by atoms with Crippen molar-refractivity contribution in [1.82, 2.24) is 14.8 Å².